The molecular formula is C15H22N2O. The first-order chi connectivity index (χ1) is 8.56. The molecule has 1 aromatic rings. The lowest BCUT2D eigenvalue weighted by Crippen LogP contribution is -2.64. The van der Waals surface area contributed by atoms with Gasteiger partial charge in [-0.05, 0) is 44.0 Å². The number of fused-ring (bicyclic) bond motifs is 1. The highest BCUT2D eigenvalue weighted by molar-refractivity contribution is 5.38. The van der Waals surface area contributed by atoms with Gasteiger partial charge in [0.05, 0.1) is 0 Å². The maximum Gasteiger partial charge on any atom is 0.131 e. The first-order valence-electron chi connectivity index (χ1n) is 6.81. The Bertz CT molecular complexity index is 450. The lowest BCUT2D eigenvalue weighted by Gasteiger charge is -2.49. The summed E-state index contributed by atoms with van der Waals surface area (Å²) in [7, 11) is 0. The predicted octanol–water partition coefficient (Wildman–Crippen LogP) is 2.15. The molecule has 0 bridgehead atoms. The minimum atomic E-state index is -0.00939. The van der Waals surface area contributed by atoms with E-state index in [1.54, 1.807) is 0 Å². The van der Waals surface area contributed by atoms with Crippen molar-refractivity contribution in [1.29, 1.82) is 0 Å². The van der Waals surface area contributed by atoms with E-state index in [4.69, 9.17) is 4.74 Å². The molecule has 0 unspecified atom stereocenters. The molecule has 1 fully saturated rings. The van der Waals surface area contributed by atoms with E-state index in [1.165, 1.54) is 11.1 Å². The Balaban J connectivity index is 1.67. The molecule has 18 heavy (non-hydrogen) atoms. The number of likely N-dealkylation sites (tertiary alicyclic amines) is 1. The van der Waals surface area contributed by atoms with Crippen LogP contribution in [0, 0.1) is 0 Å². The first kappa shape index (κ1) is 12.0. The Morgan fingerprint density at radius 3 is 2.67 bits per heavy atom. The molecule has 3 heteroatoms. The summed E-state index contributed by atoms with van der Waals surface area (Å²) in [6.45, 7) is 10.7. The molecule has 3 nitrogen and oxygen atoms in total. The molecule has 0 aliphatic carbocycles. The summed E-state index contributed by atoms with van der Waals surface area (Å²) >= 11 is 0. The first-order valence-corrected chi connectivity index (χ1v) is 6.81. The van der Waals surface area contributed by atoms with Gasteiger partial charge in [-0.3, -0.25) is 4.90 Å². The number of nitrogens with one attached hydrogen (secondary N) is 1. The second-order valence-electron chi connectivity index (χ2n) is 6.08. The fraction of sp³-hybridized carbons (Fsp3) is 0.600. The van der Waals surface area contributed by atoms with Gasteiger partial charge in [0, 0.05) is 32.2 Å². The number of hydrogen-bond acceptors (Lipinski definition) is 3. The molecule has 0 radical (unpaired) electrons. The largest absolute Gasteiger partial charge is 0.485 e. The Hall–Kier alpha value is -1.06. The molecule has 0 aromatic heterocycles. The summed E-state index contributed by atoms with van der Waals surface area (Å²) < 4.78 is 6.17. The second-order valence-corrected chi connectivity index (χ2v) is 6.08. The quantitative estimate of drug-likeness (QED) is 0.884. The zero-order valence-electron chi connectivity index (χ0n) is 11.5. The van der Waals surface area contributed by atoms with E-state index in [0.29, 0.717) is 6.04 Å². The molecule has 2 aliphatic heterocycles. The molecule has 3 rings (SSSR count). The standard InChI is InChI=1S/C15H22N2O/c1-11(2)17-9-15(3,10-17)18-14-5-4-12-7-16-8-13(12)6-14/h4-6,11,16H,7-10H2,1-3H3. The van der Waals surface area contributed by atoms with E-state index in [1.807, 2.05) is 0 Å². The lowest BCUT2D eigenvalue weighted by atomic mass is 9.94. The minimum absolute atomic E-state index is 0.00939. The van der Waals surface area contributed by atoms with Gasteiger partial charge in [-0.1, -0.05) is 6.07 Å². The fourth-order valence-corrected chi connectivity index (χ4v) is 2.86. The lowest BCUT2D eigenvalue weighted by molar-refractivity contribution is -0.0775. The molecular weight excluding hydrogens is 224 g/mol. The van der Waals surface area contributed by atoms with Gasteiger partial charge in [0.1, 0.15) is 11.4 Å². The van der Waals surface area contributed by atoms with Crippen molar-refractivity contribution in [3.8, 4) is 5.75 Å². The highest BCUT2D eigenvalue weighted by Gasteiger charge is 2.41. The van der Waals surface area contributed by atoms with Gasteiger partial charge in [0.2, 0.25) is 0 Å². The van der Waals surface area contributed by atoms with Gasteiger partial charge in [0.15, 0.2) is 0 Å². The van der Waals surface area contributed by atoms with Crippen LogP contribution in [0.25, 0.3) is 0 Å². The number of rotatable bonds is 3. The Morgan fingerprint density at radius 2 is 1.94 bits per heavy atom. The van der Waals surface area contributed by atoms with Crippen molar-refractivity contribution >= 4 is 0 Å². The maximum atomic E-state index is 6.17. The summed E-state index contributed by atoms with van der Waals surface area (Å²) in [6, 6.07) is 7.10. The maximum absolute atomic E-state index is 6.17. The molecule has 0 spiro atoms. The van der Waals surface area contributed by atoms with Gasteiger partial charge in [0.25, 0.3) is 0 Å². The third-order valence-electron chi connectivity index (χ3n) is 3.98. The molecule has 1 aromatic carbocycles. The summed E-state index contributed by atoms with van der Waals surface area (Å²) in [5, 5.41) is 3.36. The zero-order chi connectivity index (χ0) is 12.8. The van der Waals surface area contributed by atoms with Gasteiger partial charge in [-0.15, -0.1) is 0 Å². The fourth-order valence-electron chi connectivity index (χ4n) is 2.86. The van der Waals surface area contributed by atoms with Crippen molar-refractivity contribution in [3.63, 3.8) is 0 Å². The Labute approximate surface area is 109 Å². The molecule has 0 amide bonds. The van der Waals surface area contributed by atoms with Crippen LogP contribution >= 0.6 is 0 Å². The topological polar surface area (TPSA) is 24.5 Å². The molecule has 1 saturated heterocycles. The number of benzene rings is 1. The van der Waals surface area contributed by atoms with Crippen LogP contribution in [0.1, 0.15) is 31.9 Å². The van der Waals surface area contributed by atoms with E-state index in [0.717, 1.165) is 31.9 Å². The van der Waals surface area contributed by atoms with Gasteiger partial charge in [-0.2, -0.15) is 0 Å². The van der Waals surface area contributed by atoms with E-state index in [9.17, 15) is 0 Å². The monoisotopic (exact) mass is 246 g/mol. The van der Waals surface area contributed by atoms with Crippen LogP contribution in [0.15, 0.2) is 18.2 Å². The van der Waals surface area contributed by atoms with Crippen LogP contribution < -0.4 is 10.1 Å². The summed E-state index contributed by atoms with van der Waals surface area (Å²) in [5.74, 6) is 1.02. The van der Waals surface area contributed by atoms with Crippen LogP contribution in [0.4, 0.5) is 0 Å². The highest BCUT2D eigenvalue weighted by Crippen LogP contribution is 2.30. The molecule has 0 atom stereocenters. The van der Waals surface area contributed by atoms with Crippen molar-refractivity contribution in [2.24, 2.45) is 0 Å². The van der Waals surface area contributed by atoms with Crippen LogP contribution in [0.5, 0.6) is 5.75 Å². The van der Waals surface area contributed by atoms with Gasteiger partial charge in [-0.25, -0.2) is 0 Å². The van der Waals surface area contributed by atoms with Crippen molar-refractivity contribution < 1.29 is 4.74 Å². The zero-order valence-corrected chi connectivity index (χ0v) is 11.5. The van der Waals surface area contributed by atoms with Crippen molar-refractivity contribution in [3.05, 3.63) is 29.3 Å². The SMILES string of the molecule is CC(C)N1CC(C)(Oc2ccc3c(c2)CNC3)C1. The van der Waals surface area contributed by atoms with E-state index in [2.05, 4.69) is 49.2 Å². The molecule has 1 N–H and O–H groups in total. The van der Waals surface area contributed by atoms with E-state index >= 15 is 0 Å². The molecule has 98 valence electrons. The predicted molar refractivity (Wildman–Crippen MR) is 72.7 cm³/mol. The van der Waals surface area contributed by atoms with Crippen LogP contribution in [0.2, 0.25) is 0 Å². The van der Waals surface area contributed by atoms with Crippen molar-refractivity contribution in [1.82, 2.24) is 10.2 Å². The number of hydrogen-bond donors (Lipinski definition) is 1. The Morgan fingerprint density at radius 1 is 1.22 bits per heavy atom. The summed E-state index contributed by atoms with van der Waals surface area (Å²) in [5.41, 5.74) is 2.78. The highest BCUT2D eigenvalue weighted by atomic mass is 16.5. The number of nitrogens with zero attached hydrogens (tertiary/aromatic N) is 1. The van der Waals surface area contributed by atoms with E-state index in [-0.39, 0.29) is 5.60 Å². The third kappa shape index (κ3) is 2.13. The molecule has 2 aliphatic rings. The second kappa shape index (κ2) is 4.25. The third-order valence-corrected chi connectivity index (χ3v) is 3.98. The average molecular weight is 246 g/mol. The smallest absolute Gasteiger partial charge is 0.131 e. The number of ether oxygens (including phenoxy) is 1. The normalized spacial score (nSPS) is 21.8. The van der Waals surface area contributed by atoms with Crippen molar-refractivity contribution in [2.45, 2.75) is 45.5 Å². The van der Waals surface area contributed by atoms with Crippen molar-refractivity contribution in [2.75, 3.05) is 13.1 Å². The average Bonchev–Trinajstić information content (AvgIpc) is 2.72. The van der Waals surface area contributed by atoms with Crippen LogP contribution in [-0.2, 0) is 13.1 Å². The summed E-state index contributed by atoms with van der Waals surface area (Å²) in [6.07, 6.45) is 0. The van der Waals surface area contributed by atoms with E-state index < -0.39 is 0 Å². The Kier molecular flexibility index (Phi) is 2.83. The van der Waals surface area contributed by atoms with Crippen LogP contribution in [-0.4, -0.2) is 29.6 Å². The van der Waals surface area contributed by atoms with Gasteiger partial charge < -0.3 is 10.1 Å². The minimum Gasteiger partial charge on any atom is -0.485 e. The molecule has 2 heterocycles. The molecule has 0 saturated carbocycles. The van der Waals surface area contributed by atoms with Crippen LogP contribution in [0.3, 0.4) is 0 Å². The van der Waals surface area contributed by atoms with Gasteiger partial charge >= 0.3 is 0 Å². The summed E-state index contributed by atoms with van der Waals surface area (Å²) in [4.78, 5) is 2.44.